The third-order valence-electron chi connectivity index (χ3n) is 3.79. The van der Waals surface area contributed by atoms with Crippen LogP contribution >= 0.6 is 15.9 Å². The van der Waals surface area contributed by atoms with Crippen molar-refractivity contribution in [3.63, 3.8) is 0 Å². The third-order valence-corrected chi connectivity index (χ3v) is 4.38. The van der Waals surface area contributed by atoms with Gasteiger partial charge in [0.15, 0.2) is 11.5 Å². The highest BCUT2D eigenvalue weighted by Crippen LogP contribution is 2.36. The van der Waals surface area contributed by atoms with Crippen LogP contribution in [0.15, 0.2) is 16.6 Å². The van der Waals surface area contributed by atoms with Crippen LogP contribution in [-0.4, -0.2) is 44.8 Å². The Labute approximate surface area is 135 Å². The van der Waals surface area contributed by atoms with E-state index in [1.165, 1.54) is 25.9 Å². The van der Waals surface area contributed by atoms with Crippen LogP contribution in [0.2, 0.25) is 0 Å². The average molecular weight is 357 g/mol. The van der Waals surface area contributed by atoms with Gasteiger partial charge in [0.1, 0.15) is 0 Å². The largest absolute Gasteiger partial charge is 0.493 e. The quantitative estimate of drug-likeness (QED) is 0.727. The van der Waals surface area contributed by atoms with Gasteiger partial charge >= 0.3 is 0 Å². The Morgan fingerprint density at radius 1 is 1.29 bits per heavy atom. The summed E-state index contributed by atoms with van der Waals surface area (Å²) in [5.74, 6) is 1.56. The molecule has 1 aliphatic heterocycles. The highest BCUT2D eigenvalue weighted by atomic mass is 79.9. The molecule has 0 amide bonds. The lowest BCUT2D eigenvalue weighted by Crippen LogP contribution is -2.22. The van der Waals surface area contributed by atoms with Gasteiger partial charge in [-0.25, -0.2) is 0 Å². The van der Waals surface area contributed by atoms with E-state index in [2.05, 4.69) is 26.9 Å². The van der Waals surface area contributed by atoms with Crippen molar-refractivity contribution in [2.45, 2.75) is 25.7 Å². The predicted molar refractivity (Wildman–Crippen MR) is 89.2 cm³/mol. The molecule has 1 saturated heterocycles. The third kappa shape index (κ3) is 4.87. The van der Waals surface area contributed by atoms with Crippen LogP contribution < -0.4 is 15.2 Å². The average Bonchev–Trinajstić information content (AvgIpc) is 2.98. The maximum Gasteiger partial charge on any atom is 0.175 e. The number of likely N-dealkylation sites (tertiary alicyclic amines) is 1. The summed E-state index contributed by atoms with van der Waals surface area (Å²) in [5, 5.41) is 0. The summed E-state index contributed by atoms with van der Waals surface area (Å²) in [7, 11) is 1.67. The predicted octanol–water partition coefficient (Wildman–Crippen LogP) is 2.82. The Balaban J connectivity index is 1.88. The zero-order chi connectivity index (χ0) is 15.1. The van der Waals surface area contributed by atoms with Gasteiger partial charge in [-0.15, -0.1) is 0 Å². The van der Waals surface area contributed by atoms with E-state index in [9.17, 15) is 0 Å². The van der Waals surface area contributed by atoms with E-state index >= 15 is 0 Å². The van der Waals surface area contributed by atoms with Crippen LogP contribution in [0.5, 0.6) is 11.5 Å². The van der Waals surface area contributed by atoms with Gasteiger partial charge in [-0.1, -0.05) is 0 Å². The van der Waals surface area contributed by atoms with Crippen molar-refractivity contribution in [3.05, 3.63) is 22.2 Å². The summed E-state index contributed by atoms with van der Waals surface area (Å²) in [6.07, 6.45) is 4.55. The van der Waals surface area contributed by atoms with Gasteiger partial charge in [-0.2, -0.15) is 0 Å². The number of methoxy groups -OCH3 is 1. The van der Waals surface area contributed by atoms with E-state index in [-0.39, 0.29) is 0 Å². The first-order valence-electron chi connectivity index (χ1n) is 7.66. The summed E-state index contributed by atoms with van der Waals surface area (Å²) >= 11 is 3.57. The van der Waals surface area contributed by atoms with Crippen molar-refractivity contribution in [3.8, 4) is 11.5 Å². The van der Waals surface area contributed by atoms with Gasteiger partial charge in [0.25, 0.3) is 0 Å². The fourth-order valence-electron chi connectivity index (χ4n) is 2.69. The zero-order valence-electron chi connectivity index (χ0n) is 12.7. The van der Waals surface area contributed by atoms with Gasteiger partial charge in [-0.05, 0) is 78.9 Å². The molecule has 2 N–H and O–H groups in total. The summed E-state index contributed by atoms with van der Waals surface area (Å²) < 4.78 is 12.3. The normalized spacial score (nSPS) is 15.4. The van der Waals surface area contributed by atoms with Crippen molar-refractivity contribution in [2.24, 2.45) is 5.73 Å². The maximum absolute atomic E-state index is 5.92. The SMILES string of the molecule is COc1cc(CCN)cc(Br)c1OCCCN1CCCC1. The van der Waals surface area contributed by atoms with Crippen LogP contribution in [0.3, 0.4) is 0 Å². The fraction of sp³-hybridized carbons (Fsp3) is 0.625. The minimum absolute atomic E-state index is 0.631. The minimum atomic E-state index is 0.631. The molecule has 0 unspecified atom stereocenters. The highest BCUT2D eigenvalue weighted by molar-refractivity contribution is 9.10. The minimum Gasteiger partial charge on any atom is -0.493 e. The van der Waals surface area contributed by atoms with Gasteiger partial charge in [0.05, 0.1) is 18.2 Å². The number of hydrogen-bond donors (Lipinski definition) is 1. The molecule has 1 fully saturated rings. The first-order chi connectivity index (χ1) is 10.2. The molecule has 1 aromatic carbocycles. The molecule has 5 heteroatoms. The number of ether oxygens (including phenoxy) is 2. The summed E-state index contributed by atoms with van der Waals surface area (Å²) in [6, 6.07) is 4.07. The van der Waals surface area contributed by atoms with Crippen molar-refractivity contribution in [1.29, 1.82) is 0 Å². The van der Waals surface area contributed by atoms with E-state index < -0.39 is 0 Å². The highest BCUT2D eigenvalue weighted by Gasteiger charge is 2.13. The van der Waals surface area contributed by atoms with E-state index in [4.69, 9.17) is 15.2 Å². The molecule has 21 heavy (non-hydrogen) atoms. The first-order valence-corrected chi connectivity index (χ1v) is 8.45. The van der Waals surface area contributed by atoms with E-state index in [0.29, 0.717) is 13.2 Å². The van der Waals surface area contributed by atoms with Gasteiger partial charge in [0, 0.05) is 6.54 Å². The van der Waals surface area contributed by atoms with Crippen LogP contribution in [0.4, 0.5) is 0 Å². The van der Waals surface area contributed by atoms with Crippen LogP contribution in [0, 0.1) is 0 Å². The lowest BCUT2D eigenvalue weighted by atomic mass is 10.1. The molecule has 0 spiro atoms. The van der Waals surface area contributed by atoms with Gasteiger partial charge < -0.3 is 20.1 Å². The monoisotopic (exact) mass is 356 g/mol. The Bertz CT molecular complexity index is 448. The van der Waals surface area contributed by atoms with Crippen LogP contribution in [0.25, 0.3) is 0 Å². The number of benzene rings is 1. The molecule has 2 rings (SSSR count). The van der Waals surface area contributed by atoms with Gasteiger partial charge in [0.2, 0.25) is 0 Å². The second-order valence-electron chi connectivity index (χ2n) is 5.40. The number of halogens is 1. The van der Waals surface area contributed by atoms with Crippen molar-refractivity contribution < 1.29 is 9.47 Å². The molecular formula is C16H25BrN2O2. The Morgan fingerprint density at radius 2 is 2.05 bits per heavy atom. The smallest absolute Gasteiger partial charge is 0.175 e. The zero-order valence-corrected chi connectivity index (χ0v) is 14.3. The molecule has 0 aliphatic carbocycles. The van der Waals surface area contributed by atoms with Crippen molar-refractivity contribution in [1.82, 2.24) is 4.90 Å². The first kappa shape index (κ1) is 16.6. The number of nitrogens with two attached hydrogens (primary N) is 1. The molecule has 118 valence electrons. The molecule has 0 radical (unpaired) electrons. The molecule has 4 nitrogen and oxygen atoms in total. The summed E-state index contributed by atoms with van der Waals surface area (Å²) in [6.45, 7) is 4.93. The fourth-order valence-corrected chi connectivity index (χ4v) is 3.30. The molecule has 1 heterocycles. The molecule has 0 aromatic heterocycles. The molecule has 1 aliphatic rings. The molecule has 0 atom stereocenters. The van der Waals surface area contributed by atoms with Crippen LogP contribution in [-0.2, 0) is 6.42 Å². The van der Waals surface area contributed by atoms with E-state index in [1.54, 1.807) is 7.11 Å². The van der Waals surface area contributed by atoms with Crippen LogP contribution in [0.1, 0.15) is 24.8 Å². The van der Waals surface area contributed by atoms with E-state index in [1.807, 2.05) is 6.07 Å². The summed E-state index contributed by atoms with van der Waals surface area (Å²) in [5.41, 5.74) is 6.76. The number of hydrogen-bond acceptors (Lipinski definition) is 4. The number of nitrogens with zero attached hydrogens (tertiary/aromatic N) is 1. The second kappa shape index (κ2) is 8.61. The Hall–Kier alpha value is -0.780. The molecule has 0 saturated carbocycles. The standard InChI is InChI=1S/C16H25BrN2O2/c1-20-15-12-13(5-6-18)11-14(17)16(15)21-10-4-9-19-7-2-3-8-19/h11-12H,2-10,18H2,1H3. The van der Waals surface area contributed by atoms with E-state index in [0.717, 1.165) is 40.9 Å². The molecule has 0 bridgehead atoms. The molecule has 1 aromatic rings. The Morgan fingerprint density at radius 3 is 2.71 bits per heavy atom. The lowest BCUT2D eigenvalue weighted by Gasteiger charge is -2.17. The topological polar surface area (TPSA) is 47.7 Å². The Kier molecular flexibility index (Phi) is 6.80. The molecular weight excluding hydrogens is 332 g/mol. The second-order valence-corrected chi connectivity index (χ2v) is 6.25. The number of rotatable bonds is 8. The van der Waals surface area contributed by atoms with Crippen molar-refractivity contribution in [2.75, 3.05) is 39.9 Å². The van der Waals surface area contributed by atoms with Crippen molar-refractivity contribution >= 4 is 15.9 Å². The maximum atomic E-state index is 5.92. The summed E-state index contributed by atoms with van der Waals surface area (Å²) in [4.78, 5) is 2.50. The van der Waals surface area contributed by atoms with Gasteiger partial charge in [-0.3, -0.25) is 0 Å². The lowest BCUT2D eigenvalue weighted by molar-refractivity contribution is 0.253.